The Morgan fingerprint density at radius 3 is 2.25 bits per heavy atom. The summed E-state index contributed by atoms with van der Waals surface area (Å²) in [4.78, 5) is 0. The van der Waals surface area contributed by atoms with Crippen LogP contribution >= 0.6 is 0 Å². The first kappa shape index (κ1) is 7.92. The van der Waals surface area contributed by atoms with Gasteiger partial charge in [0.15, 0.2) is 0 Å². The van der Waals surface area contributed by atoms with Crippen molar-refractivity contribution < 1.29 is 5.11 Å². The predicted octanol–water partition coefficient (Wildman–Crippen LogP) is 0.224. The van der Waals surface area contributed by atoms with Gasteiger partial charge in [0.1, 0.15) is 0 Å². The Hall–Kier alpha value is -0.0800. The molecule has 0 aromatic rings. The Morgan fingerprint density at radius 2 is 2.12 bits per heavy atom. The molecule has 1 rings (SSSR count). The summed E-state index contributed by atoms with van der Waals surface area (Å²) >= 11 is 0. The van der Waals surface area contributed by atoms with Crippen molar-refractivity contribution in [2.75, 3.05) is 20.2 Å². The summed E-state index contributed by atoms with van der Waals surface area (Å²) in [5.74, 6) is 0.935. The topological polar surface area (TPSA) is 32.3 Å². The van der Waals surface area contributed by atoms with Gasteiger partial charge in [0.2, 0.25) is 0 Å². The largest absolute Gasteiger partial charge is 0.400 e. The summed E-state index contributed by atoms with van der Waals surface area (Å²) in [6, 6.07) is 0. The van der Waals surface area contributed by atoms with Gasteiger partial charge in [-0.3, -0.25) is 0 Å². The summed E-state index contributed by atoms with van der Waals surface area (Å²) in [7, 11) is 1.00. The van der Waals surface area contributed by atoms with Crippen LogP contribution in [-0.4, -0.2) is 25.3 Å². The molecule has 0 bridgehead atoms. The molecule has 1 heterocycles. The van der Waals surface area contributed by atoms with Crippen LogP contribution in [-0.2, 0) is 0 Å². The second-order valence-electron chi connectivity index (χ2n) is 2.10. The van der Waals surface area contributed by atoms with E-state index in [9.17, 15) is 0 Å². The van der Waals surface area contributed by atoms with Crippen LogP contribution in [0.3, 0.4) is 0 Å². The fraction of sp³-hybridized carbons (Fsp3) is 1.00. The van der Waals surface area contributed by atoms with Gasteiger partial charge in [0.05, 0.1) is 0 Å². The molecule has 1 atom stereocenters. The van der Waals surface area contributed by atoms with E-state index >= 15 is 0 Å². The maximum atomic E-state index is 7.00. The van der Waals surface area contributed by atoms with Crippen molar-refractivity contribution in [2.24, 2.45) is 5.92 Å². The van der Waals surface area contributed by atoms with Gasteiger partial charge in [-0.25, -0.2) is 0 Å². The molecule has 1 aliphatic heterocycles. The van der Waals surface area contributed by atoms with E-state index in [1.54, 1.807) is 0 Å². The molecule has 2 heteroatoms. The maximum Gasteiger partial charge on any atom is 0.0319 e. The molecule has 8 heavy (non-hydrogen) atoms. The number of rotatable bonds is 0. The van der Waals surface area contributed by atoms with Crippen molar-refractivity contribution >= 4 is 0 Å². The number of hydrogen-bond acceptors (Lipinski definition) is 2. The van der Waals surface area contributed by atoms with Crippen molar-refractivity contribution in [1.29, 1.82) is 0 Å². The van der Waals surface area contributed by atoms with Gasteiger partial charge in [-0.1, -0.05) is 6.92 Å². The highest BCUT2D eigenvalue weighted by atomic mass is 16.2. The Labute approximate surface area is 50.9 Å². The van der Waals surface area contributed by atoms with Crippen LogP contribution in [0.1, 0.15) is 13.3 Å². The Bertz CT molecular complexity index is 41.8. The molecule has 0 saturated carbocycles. The van der Waals surface area contributed by atoms with Crippen molar-refractivity contribution in [3.63, 3.8) is 0 Å². The minimum absolute atomic E-state index is 0.935. The lowest BCUT2D eigenvalue weighted by Crippen LogP contribution is -2.06. The lowest BCUT2D eigenvalue weighted by molar-refractivity contribution is 0.399. The molecule has 2 N–H and O–H groups in total. The Kier molecular flexibility index (Phi) is 5.01. The summed E-state index contributed by atoms with van der Waals surface area (Å²) < 4.78 is 0. The lowest BCUT2D eigenvalue weighted by atomic mass is 10.2. The van der Waals surface area contributed by atoms with E-state index in [4.69, 9.17) is 5.11 Å². The molecule has 2 nitrogen and oxygen atoms in total. The first-order valence-corrected chi connectivity index (χ1v) is 3.05. The molecule has 50 valence electrons. The average Bonchev–Trinajstić information content (AvgIpc) is 2.24. The van der Waals surface area contributed by atoms with Crippen LogP contribution < -0.4 is 5.32 Å². The van der Waals surface area contributed by atoms with Gasteiger partial charge in [0, 0.05) is 7.11 Å². The summed E-state index contributed by atoms with van der Waals surface area (Å²) in [5, 5.41) is 10.3. The molecule has 0 radical (unpaired) electrons. The van der Waals surface area contributed by atoms with Gasteiger partial charge in [-0.2, -0.15) is 0 Å². The van der Waals surface area contributed by atoms with Crippen LogP contribution in [0, 0.1) is 5.92 Å². The van der Waals surface area contributed by atoms with Gasteiger partial charge in [-0.05, 0) is 25.4 Å². The monoisotopic (exact) mass is 117 g/mol. The number of aliphatic hydroxyl groups is 1. The first-order valence-electron chi connectivity index (χ1n) is 3.05. The van der Waals surface area contributed by atoms with E-state index in [1.165, 1.54) is 19.5 Å². The zero-order valence-corrected chi connectivity index (χ0v) is 5.65. The minimum atomic E-state index is 0.935. The molecule has 0 aromatic heterocycles. The SMILES string of the molecule is CC1CCNC1.CO. The van der Waals surface area contributed by atoms with Gasteiger partial charge < -0.3 is 10.4 Å². The molecule has 1 fully saturated rings. The van der Waals surface area contributed by atoms with Crippen molar-refractivity contribution in [3.8, 4) is 0 Å². The van der Waals surface area contributed by atoms with Crippen molar-refractivity contribution in [1.82, 2.24) is 5.32 Å². The van der Waals surface area contributed by atoms with E-state index in [0.29, 0.717) is 0 Å². The van der Waals surface area contributed by atoms with Crippen molar-refractivity contribution in [3.05, 3.63) is 0 Å². The second-order valence-corrected chi connectivity index (χ2v) is 2.10. The number of nitrogens with one attached hydrogen (secondary N) is 1. The van der Waals surface area contributed by atoms with E-state index < -0.39 is 0 Å². The van der Waals surface area contributed by atoms with E-state index in [0.717, 1.165) is 13.0 Å². The molecule has 1 unspecified atom stereocenters. The number of aliphatic hydroxyl groups excluding tert-OH is 1. The average molecular weight is 117 g/mol. The van der Waals surface area contributed by atoms with Gasteiger partial charge in [0.25, 0.3) is 0 Å². The molecule has 1 aliphatic rings. The van der Waals surface area contributed by atoms with Crippen LogP contribution in [0.25, 0.3) is 0 Å². The molecular weight excluding hydrogens is 102 g/mol. The normalized spacial score (nSPS) is 26.6. The van der Waals surface area contributed by atoms with Gasteiger partial charge >= 0.3 is 0 Å². The minimum Gasteiger partial charge on any atom is -0.400 e. The van der Waals surface area contributed by atoms with Crippen LogP contribution in [0.5, 0.6) is 0 Å². The smallest absolute Gasteiger partial charge is 0.0319 e. The summed E-state index contributed by atoms with van der Waals surface area (Å²) in [6.07, 6.45) is 1.38. The quantitative estimate of drug-likeness (QED) is 0.476. The first-order chi connectivity index (χ1) is 3.89. The lowest BCUT2D eigenvalue weighted by Gasteiger charge is -1.90. The van der Waals surface area contributed by atoms with Crippen LogP contribution in [0.15, 0.2) is 0 Å². The molecular formula is C6H15NO. The summed E-state index contributed by atoms with van der Waals surface area (Å²) in [6.45, 7) is 4.75. The molecule has 0 spiro atoms. The third kappa shape index (κ3) is 2.99. The van der Waals surface area contributed by atoms with E-state index in [1.807, 2.05) is 0 Å². The van der Waals surface area contributed by atoms with Gasteiger partial charge in [-0.15, -0.1) is 0 Å². The molecule has 0 aliphatic carbocycles. The molecule has 0 aromatic carbocycles. The van der Waals surface area contributed by atoms with Crippen molar-refractivity contribution in [2.45, 2.75) is 13.3 Å². The molecule has 0 amide bonds. The molecule has 1 saturated heterocycles. The third-order valence-corrected chi connectivity index (χ3v) is 1.31. The Balaban J connectivity index is 0.000000222. The number of hydrogen-bond donors (Lipinski definition) is 2. The second kappa shape index (κ2) is 5.06. The van der Waals surface area contributed by atoms with E-state index in [-0.39, 0.29) is 0 Å². The summed E-state index contributed by atoms with van der Waals surface area (Å²) in [5.41, 5.74) is 0. The van der Waals surface area contributed by atoms with Crippen LogP contribution in [0.4, 0.5) is 0 Å². The fourth-order valence-electron chi connectivity index (χ4n) is 0.799. The standard InChI is InChI=1S/C5H11N.CH4O/c1-5-2-3-6-4-5;1-2/h5-6H,2-4H2,1H3;2H,1H3. The zero-order valence-electron chi connectivity index (χ0n) is 5.65. The highest BCUT2D eigenvalue weighted by Crippen LogP contribution is 2.03. The van der Waals surface area contributed by atoms with Crippen LogP contribution in [0.2, 0.25) is 0 Å². The fourth-order valence-corrected chi connectivity index (χ4v) is 0.799. The maximum absolute atomic E-state index is 7.00. The highest BCUT2D eigenvalue weighted by molar-refractivity contribution is 4.65. The van der Waals surface area contributed by atoms with E-state index in [2.05, 4.69) is 12.2 Å². The highest BCUT2D eigenvalue weighted by Gasteiger charge is 2.06. The Morgan fingerprint density at radius 1 is 1.50 bits per heavy atom. The third-order valence-electron chi connectivity index (χ3n) is 1.31. The predicted molar refractivity (Wildman–Crippen MR) is 34.8 cm³/mol. The zero-order chi connectivity index (χ0) is 6.41.